The molecule has 27 heavy (non-hydrogen) atoms. The quantitative estimate of drug-likeness (QED) is 0.791. The summed E-state index contributed by atoms with van der Waals surface area (Å²) in [7, 11) is 3.86. The first kappa shape index (κ1) is 19.8. The first-order valence-corrected chi connectivity index (χ1v) is 10.6. The molecule has 1 N–H and O–H groups in total. The minimum atomic E-state index is 0.104. The fourth-order valence-electron chi connectivity index (χ4n) is 3.99. The molecule has 1 saturated heterocycles. The van der Waals surface area contributed by atoms with E-state index in [1.165, 1.54) is 51.4 Å². The Hall–Kier alpha value is -1.92. The van der Waals surface area contributed by atoms with E-state index in [9.17, 15) is 4.79 Å². The van der Waals surface area contributed by atoms with Crippen molar-refractivity contribution in [2.75, 3.05) is 37.0 Å². The van der Waals surface area contributed by atoms with Gasteiger partial charge in [-0.3, -0.25) is 4.79 Å². The Kier molecular flexibility index (Phi) is 7.24. The predicted octanol–water partition coefficient (Wildman–Crippen LogP) is 2.90. The summed E-state index contributed by atoms with van der Waals surface area (Å²) in [6.45, 7) is 2.35. The van der Waals surface area contributed by atoms with Gasteiger partial charge in [-0.2, -0.15) is 15.0 Å². The van der Waals surface area contributed by atoms with Crippen LogP contribution in [0.15, 0.2) is 0 Å². The first-order chi connectivity index (χ1) is 13.1. The molecule has 1 saturated carbocycles. The maximum atomic E-state index is 12.3. The predicted molar refractivity (Wildman–Crippen MR) is 108 cm³/mol. The van der Waals surface area contributed by atoms with Crippen LogP contribution in [0, 0.1) is 5.92 Å². The molecule has 1 aromatic heterocycles. The summed E-state index contributed by atoms with van der Waals surface area (Å²) < 4.78 is 0. The van der Waals surface area contributed by atoms with E-state index in [4.69, 9.17) is 0 Å². The Labute approximate surface area is 163 Å². The highest BCUT2D eigenvalue weighted by atomic mass is 16.1. The van der Waals surface area contributed by atoms with E-state index in [0.29, 0.717) is 24.7 Å². The van der Waals surface area contributed by atoms with Crippen molar-refractivity contribution in [2.45, 2.75) is 70.8 Å². The van der Waals surface area contributed by atoms with Crippen LogP contribution in [0.1, 0.15) is 70.0 Å². The zero-order chi connectivity index (χ0) is 19.1. The number of aromatic nitrogens is 3. The Morgan fingerprint density at radius 1 is 1.04 bits per heavy atom. The molecule has 2 aliphatic rings. The third-order valence-electron chi connectivity index (χ3n) is 5.65. The highest BCUT2D eigenvalue weighted by molar-refractivity contribution is 5.75. The third-order valence-corrected chi connectivity index (χ3v) is 5.65. The number of amides is 1. The number of piperidine rings is 1. The van der Waals surface area contributed by atoms with Crippen LogP contribution >= 0.6 is 0 Å². The summed E-state index contributed by atoms with van der Waals surface area (Å²) in [5.41, 5.74) is 0. The lowest BCUT2D eigenvalue weighted by Gasteiger charge is -2.27. The number of hydrogen-bond acceptors (Lipinski definition) is 6. The van der Waals surface area contributed by atoms with Crippen LogP contribution in [0.4, 0.5) is 11.9 Å². The minimum Gasteiger partial charge on any atom is -0.349 e. The lowest BCUT2D eigenvalue weighted by Crippen LogP contribution is -2.33. The summed E-state index contributed by atoms with van der Waals surface area (Å²) in [5.74, 6) is 2.86. The molecule has 0 aromatic carbocycles. The molecule has 2 heterocycles. The van der Waals surface area contributed by atoms with Crippen LogP contribution in [0.3, 0.4) is 0 Å². The second-order valence-corrected chi connectivity index (χ2v) is 8.11. The molecule has 1 aromatic rings. The fraction of sp³-hybridized carbons (Fsp3) is 0.800. The van der Waals surface area contributed by atoms with Gasteiger partial charge in [0, 0.05) is 33.6 Å². The Balaban J connectivity index is 1.56. The van der Waals surface area contributed by atoms with Gasteiger partial charge in [0.2, 0.25) is 17.8 Å². The molecule has 0 spiro atoms. The van der Waals surface area contributed by atoms with E-state index in [0.717, 1.165) is 31.4 Å². The van der Waals surface area contributed by atoms with Gasteiger partial charge in [-0.25, -0.2) is 0 Å². The highest BCUT2D eigenvalue weighted by Crippen LogP contribution is 2.27. The Morgan fingerprint density at radius 2 is 1.74 bits per heavy atom. The summed E-state index contributed by atoms with van der Waals surface area (Å²) >= 11 is 0. The van der Waals surface area contributed by atoms with Crippen molar-refractivity contribution in [2.24, 2.45) is 5.92 Å². The van der Waals surface area contributed by atoms with Gasteiger partial charge < -0.3 is 15.1 Å². The second-order valence-electron chi connectivity index (χ2n) is 8.11. The number of hydrogen-bond donors (Lipinski definition) is 1. The monoisotopic (exact) mass is 374 g/mol. The molecular formula is C20H34N6O. The Bertz CT molecular complexity index is 608. The van der Waals surface area contributed by atoms with Crippen molar-refractivity contribution in [3.63, 3.8) is 0 Å². The standard InChI is InChI=1S/C20H34N6O/c1-25(2)19-22-17(23-20(24-19)26-13-7-4-8-14-26)15-21-18(27)12-11-16-9-5-3-6-10-16/h16H,3-15H2,1-2H3,(H,21,27). The van der Waals surface area contributed by atoms with Crippen molar-refractivity contribution in [1.82, 2.24) is 20.3 Å². The van der Waals surface area contributed by atoms with Gasteiger partial charge >= 0.3 is 0 Å². The zero-order valence-corrected chi connectivity index (χ0v) is 16.9. The van der Waals surface area contributed by atoms with Gasteiger partial charge in [0.05, 0.1) is 6.54 Å². The van der Waals surface area contributed by atoms with Gasteiger partial charge in [0.15, 0.2) is 5.82 Å². The van der Waals surface area contributed by atoms with Crippen LogP contribution in [-0.2, 0) is 11.3 Å². The number of carbonyl (C=O) groups is 1. The lowest BCUT2D eigenvalue weighted by molar-refractivity contribution is -0.121. The van der Waals surface area contributed by atoms with Crippen molar-refractivity contribution in [3.8, 4) is 0 Å². The van der Waals surface area contributed by atoms with E-state index in [-0.39, 0.29) is 5.91 Å². The zero-order valence-electron chi connectivity index (χ0n) is 16.9. The van der Waals surface area contributed by atoms with Crippen LogP contribution in [0.2, 0.25) is 0 Å². The van der Waals surface area contributed by atoms with Gasteiger partial charge in [0.25, 0.3) is 0 Å². The minimum absolute atomic E-state index is 0.104. The SMILES string of the molecule is CN(C)c1nc(CNC(=O)CCC2CCCCC2)nc(N2CCCCC2)n1. The molecule has 1 amide bonds. The number of rotatable bonds is 7. The molecule has 0 unspecified atom stereocenters. The van der Waals surface area contributed by atoms with Gasteiger partial charge in [-0.15, -0.1) is 0 Å². The first-order valence-electron chi connectivity index (χ1n) is 10.6. The second kappa shape index (κ2) is 9.85. The van der Waals surface area contributed by atoms with Crippen molar-refractivity contribution >= 4 is 17.8 Å². The molecule has 0 atom stereocenters. The summed E-state index contributed by atoms with van der Waals surface area (Å²) in [5, 5.41) is 3.01. The maximum absolute atomic E-state index is 12.3. The average molecular weight is 375 g/mol. The largest absolute Gasteiger partial charge is 0.349 e. The number of nitrogens with zero attached hydrogens (tertiary/aromatic N) is 5. The van der Waals surface area contributed by atoms with E-state index < -0.39 is 0 Å². The third kappa shape index (κ3) is 6.04. The van der Waals surface area contributed by atoms with E-state index in [1.54, 1.807) is 0 Å². The van der Waals surface area contributed by atoms with Gasteiger partial charge in [0.1, 0.15) is 0 Å². The molecule has 150 valence electrons. The maximum Gasteiger partial charge on any atom is 0.230 e. The molecule has 7 nitrogen and oxygen atoms in total. The summed E-state index contributed by atoms with van der Waals surface area (Å²) in [4.78, 5) is 30.1. The number of nitrogens with one attached hydrogen (secondary N) is 1. The molecule has 1 aliphatic carbocycles. The van der Waals surface area contributed by atoms with Crippen molar-refractivity contribution < 1.29 is 4.79 Å². The van der Waals surface area contributed by atoms with Crippen molar-refractivity contribution in [3.05, 3.63) is 5.82 Å². The van der Waals surface area contributed by atoms with E-state index >= 15 is 0 Å². The average Bonchev–Trinajstić information content (AvgIpc) is 2.72. The lowest BCUT2D eigenvalue weighted by atomic mass is 9.86. The number of anilines is 2. The molecule has 0 radical (unpaired) electrons. The number of carbonyl (C=O) groups excluding carboxylic acids is 1. The topological polar surface area (TPSA) is 74.2 Å². The van der Waals surface area contributed by atoms with E-state index in [2.05, 4.69) is 25.2 Å². The normalized spacial score (nSPS) is 18.4. The highest BCUT2D eigenvalue weighted by Gasteiger charge is 2.18. The smallest absolute Gasteiger partial charge is 0.230 e. The molecule has 2 fully saturated rings. The molecule has 0 bridgehead atoms. The Morgan fingerprint density at radius 3 is 2.44 bits per heavy atom. The molecular weight excluding hydrogens is 340 g/mol. The summed E-state index contributed by atoms with van der Waals surface area (Å²) in [6.07, 6.45) is 11.8. The summed E-state index contributed by atoms with van der Waals surface area (Å²) in [6, 6.07) is 0. The van der Waals surface area contributed by atoms with Gasteiger partial charge in [-0.1, -0.05) is 32.1 Å². The molecule has 3 rings (SSSR count). The van der Waals surface area contributed by atoms with Crippen LogP contribution in [-0.4, -0.2) is 48.0 Å². The van der Waals surface area contributed by atoms with Crippen LogP contribution < -0.4 is 15.1 Å². The van der Waals surface area contributed by atoms with E-state index in [1.807, 2.05) is 19.0 Å². The van der Waals surface area contributed by atoms with Gasteiger partial charge in [-0.05, 0) is 31.6 Å². The molecule has 1 aliphatic heterocycles. The van der Waals surface area contributed by atoms with Crippen LogP contribution in [0.25, 0.3) is 0 Å². The fourth-order valence-corrected chi connectivity index (χ4v) is 3.99. The molecule has 7 heteroatoms. The van der Waals surface area contributed by atoms with Crippen LogP contribution in [0.5, 0.6) is 0 Å². The van der Waals surface area contributed by atoms with Crippen molar-refractivity contribution in [1.29, 1.82) is 0 Å².